The summed E-state index contributed by atoms with van der Waals surface area (Å²) in [5.41, 5.74) is 6.29. The highest BCUT2D eigenvalue weighted by Crippen LogP contribution is 2.49. The summed E-state index contributed by atoms with van der Waals surface area (Å²) >= 11 is 0. The topological polar surface area (TPSA) is 52.6 Å². The lowest BCUT2D eigenvalue weighted by atomic mass is 9.62. The van der Waals surface area contributed by atoms with Crippen LogP contribution in [-0.2, 0) is 15.6 Å². The van der Waals surface area contributed by atoms with Crippen LogP contribution < -0.4 is 4.74 Å². The van der Waals surface area contributed by atoms with Gasteiger partial charge in [-0.05, 0) is 90.1 Å². The second-order valence-corrected chi connectivity index (χ2v) is 10.7. The summed E-state index contributed by atoms with van der Waals surface area (Å²) in [4.78, 5) is 25.1. The van der Waals surface area contributed by atoms with Gasteiger partial charge in [-0.2, -0.15) is 0 Å². The normalized spacial score (nSPS) is 15.7. The van der Waals surface area contributed by atoms with E-state index >= 15 is 0 Å². The van der Waals surface area contributed by atoms with Gasteiger partial charge in [-0.3, -0.25) is 0 Å². The van der Waals surface area contributed by atoms with Crippen LogP contribution in [0.1, 0.15) is 84.9 Å². The van der Waals surface area contributed by atoms with Gasteiger partial charge in [0.05, 0.1) is 17.7 Å². The van der Waals surface area contributed by atoms with Gasteiger partial charge in [-0.25, -0.2) is 9.59 Å². The fourth-order valence-electron chi connectivity index (χ4n) is 4.93. The summed E-state index contributed by atoms with van der Waals surface area (Å²) in [7, 11) is 0. The molecule has 0 fully saturated rings. The third-order valence-corrected chi connectivity index (χ3v) is 7.21. The zero-order valence-corrected chi connectivity index (χ0v) is 21.5. The van der Waals surface area contributed by atoms with Crippen molar-refractivity contribution in [1.82, 2.24) is 0 Å². The molecule has 0 N–H and O–H groups in total. The molecule has 35 heavy (non-hydrogen) atoms. The summed E-state index contributed by atoms with van der Waals surface area (Å²) in [6, 6.07) is 18.6. The first-order valence-electron chi connectivity index (χ1n) is 12.3. The Bertz CT molecular complexity index is 1270. The van der Waals surface area contributed by atoms with Crippen LogP contribution in [0.15, 0.2) is 60.7 Å². The molecule has 1 aliphatic rings. The maximum Gasteiger partial charge on any atom is 0.346 e. The summed E-state index contributed by atoms with van der Waals surface area (Å²) < 4.78 is 11.2. The highest BCUT2D eigenvalue weighted by atomic mass is 16.6. The molecule has 0 bridgehead atoms. The van der Waals surface area contributed by atoms with E-state index < -0.39 is 11.9 Å². The highest BCUT2D eigenvalue weighted by molar-refractivity contribution is 6.03. The van der Waals surface area contributed by atoms with E-state index in [0.717, 1.165) is 35.3 Å². The number of carbonyl (C=O) groups is 2. The van der Waals surface area contributed by atoms with Crippen molar-refractivity contribution in [1.29, 1.82) is 0 Å². The molecule has 0 atom stereocenters. The zero-order chi connectivity index (χ0) is 25.4. The molecule has 0 aromatic heterocycles. The minimum atomic E-state index is -0.655. The first-order chi connectivity index (χ1) is 16.5. The third kappa shape index (κ3) is 4.88. The molecule has 182 valence electrons. The van der Waals surface area contributed by atoms with Crippen molar-refractivity contribution in [3.8, 4) is 16.9 Å². The van der Waals surface area contributed by atoms with Crippen LogP contribution in [0.2, 0.25) is 0 Å². The molecule has 0 saturated carbocycles. The van der Waals surface area contributed by atoms with E-state index in [0.29, 0.717) is 17.7 Å². The van der Waals surface area contributed by atoms with Crippen LogP contribution in [-0.4, -0.2) is 18.5 Å². The summed E-state index contributed by atoms with van der Waals surface area (Å²) in [6.45, 7) is 13.6. The van der Waals surface area contributed by atoms with Crippen LogP contribution in [0.4, 0.5) is 0 Å². The van der Waals surface area contributed by atoms with E-state index in [2.05, 4.69) is 39.8 Å². The zero-order valence-electron chi connectivity index (χ0n) is 21.5. The number of hydrogen-bond donors (Lipinski definition) is 0. The van der Waals surface area contributed by atoms with Crippen LogP contribution in [0, 0.1) is 6.92 Å². The second kappa shape index (κ2) is 9.33. The Balaban J connectivity index is 1.71. The molecule has 4 nitrogen and oxygen atoms in total. The highest BCUT2D eigenvalue weighted by Gasteiger charge is 2.38. The summed E-state index contributed by atoms with van der Waals surface area (Å²) in [5.74, 6) is -0.454. The number of benzene rings is 3. The maximum absolute atomic E-state index is 12.7. The van der Waals surface area contributed by atoms with E-state index in [1.54, 1.807) is 36.4 Å². The van der Waals surface area contributed by atoms with Crippen molar-refractivity contribution in [2.45, 2.75) is 65.2 Å². The third-order valence-electron chi connectivity index (χ3n) is 7.21. The fraction of sp³-hybridized carbons (Fsp3) is 0.355. The van der Waals surface area contributed by atoms with Gasteiger partial charge in [-0.1, -0.05) is 58.0 Å². The van der Waals surface area contributed by atoms with Crippen molar-refractivity contribution < 1.29 is 19.1 Å². The molecule has 0 unspecified atom stereocenters. The molecule has 0 saturated heterocycles. The van der Waals surface area contributed by atoms with Gasteiger partial charge >= 0.3 is 11.9 Å². The lowest BCUT2D eigenvalue weighted by molar-refractivity contribution is 0.0397. The molecular weight excluding hydrogens is 436 g/mol. The first-order valence-corrected chi connectivity index (χ1v) is 12.3. The summed E-state index contributed by atoms with van der Waals surface area (Å²) in [5, 5.41) is 0. The van der Waals surface area contributed by atoms with Crippen LogP contribution >= 0.6 is 0 Å². The van der Waals surface area contributed by atoms with E-state index in [-0.39, 0.29) is 10.8 Å². The molecule has 1 aliphatic carbocycles. The van der Waals surface area contributed by atoms with Crippen molar-refractivity contribution >= 4 is 11.9 Å². The number of rotatable bonds is 5. The smallest absolute Gasteiger partial charge is 0.346 e. The Morgan fingerprint density at radius 2 is 1.46 bits per heavy atom. The van der Waals surface area contributed by atoms with Crippen molar-refractivity contribution in [2.75, 3.05) is 6.61 Å². The van der Waals surface area contributed by atoms with Crippen molar-refractivity contribution in [2.24, 2.45) is 0 Å². The first kappa shape index (κ1) is 24.7. The Morgan fingerprint density at radius 1 is 0.829 bits per heavy atom. The molecule has 4 heteroatoms. The predicted octanol–water partition coefficient (Wildman–Crippen LogP) is 7.41. The molecule has 0 spiro atoms. The van der Waals surface area contributed by atoms with Gasteiger partial charge in [0, 0.05) is 5.56 Å². The molecule has 0 aliphatic heterocycles. The number of aryl methyl sites for hydroxylation is 1. The van der Waals surface area contributed by atoms with Gasteiger partial charge < -0.3 is 9.47 Å². The second-order valence-electron chi connectivity index (χ2n) is 10.7. The van der Waals surface area contributed by atoms with Gasteiger partial charge in [0.25, 0.3) is 0 Å². The molecule has 3 aromatic carbocycles. The average molecular weight is 471 g/mol. The predicted molar refractivity (Wildman–Crippen MR) is 139 cm³/mol. The average Bonchev–Trinajstić information content (AvgIpc) is 2.82. The van der Waals surface area contributed by atoms with Crippen LogP contribution in [0.25, 0.3) is 11.1 Å². The number of ether oxygens (including phenoxy) is 2. The Hall–Kier alpha value is -3.40. The van der Waals surface area contributed by atoms with E-state index in [9.17, 15) is 9.59 Å². The fourth-order valence-corrected chi connectivity index (χ4v) is 4.93. The Labute approximate surface area is 208 Å². The Kier molecular flexibility index (Phi) is 6.59. The van der Waals surface area contributed by atoms with E-state index in [4.69, 9.17) is 9.47 Å². The minimum Gasteiger partial charge on any atom is -0.493 e. The van der Waals surface area contributed by atoms with Crippen LogP contribution in [0.5, 0.6) is 5.75 Å². The molecular formula is C31H34O4. The monoisotopic (exact) mass is 470 g/mol. The standard InChI is InChI=1S/C31H34O4/c1-7-34-27-19-26-25(30(3,4)15-16-31(26,5)6)18-24(27)22-13-14-23(20(2)17-22)29(33)35-28(32)21-11-9-8-10-12-21/h8-14,17-19H,7,15-16H2,1-6H3. The van der Waals surface area contributed by atoms with Crippen molar-refractivity contribution in [3.63, 3.8) is 0 Å². The lowest BCUT2D eigenvalue weighted by Crippen LogP contribution is -2.33. The number of carbonyl (C=O) groups excluding carboxylic acids is 2. The SMILES string of the molecule is CCOc1cc2c(cc1-c1ccc(C(=O)OC(=O)c3ccccc3)c(C)c1)C(C)(C)CCC2(C)C. The molecule has 0 radical (unpaired) electrons. The Morgan fingerprint density at radius 3 is 2.06 bits per heavy atom. The van der Waals surface area contributed by atoms with Gasteiger partial charge in [0.15, 0.2) is 0 Å². The maximum atomic E-state index is 12.7. The number of esters is 2. The van der Waals surface area contributed by atoms with E-state index in [1.807, 2.05) is 26.0 Å². The lowest BCUT2D eigenvalue weighted by Gasteiger charge is -2.42. The van der Waals surface area contributed by atoms with Crippen LogP contribution in [0.3, 0.4) is 0 Å². The van der Waals surface area contributed by atoms with Gasteiger partial charge in [0.1, 0.15) is 5.75 Å². The van der Waals surface area contributed by atoms with Crippen molar-refractivity contribution in [3.05, 3.63) is 88.5 Å². The van der Waals surface area contributed by atoms with E-state index in [1.165, 1.54) is 11.1 Å². The molecule has 0 amide bonds. The number of hydrogen-bond acceptors (Lipinski definition) is 4. The summed E-state index contributed by atoms with van der Waals surface area (Å²) in [6.07, 6.45) is 2.26. The van der Waals surface area contributed by atoms with Gasteiger partial charge in [-0.15, -0.1) is 0 Å². The minimum absolute atomic E-state index is 0.0704. The number of fused-ring (bicyclic) bond motifs is 1. The quantitative estimate of drug-likeness (QED) is 0.288. The largest absolute Gasteiger partial charge is 0.493 e. The van der Waals surface area contributed by atoms with Gasteiger partial charge in [0.2, 0.25) is 0 Å². The molecule has 0 heterocycles. The molecule has 3 aromatic rings. The molecule has 4 rings (SSSR count).